The van der Waals surface area contributed by atoms with Crippen LogP contribution in [0, 0.1) is 6.92 Å². The van der Waals surface area contributed by atoms with Crippen molar-refractivity contribution in [1.82, 2.24) is 10.2 Å². The molecule has 2 heterocycles. The number of morpholine rings is 1. The number of hydrogen-bond acceptors (Lipinski definition) is 4. The number of aryl methyl sites for hydroxylation is 1. The second-order valence-corrected chi connectivity index (χ2v) is 7.31. The molecule has 0 radical (unpaired) electrons. The van der Waals surface area contributed by atoms with Gasteiger partial charge in [0.15, 0.2) is 0 Å². The molecule has 1 aromatic rings. The molecule has 1 aliphatic carbocycles. The van der Waals surface area contributed by atoms with Crippen LogP contribution in [-0.4, -0.2) is 35.7 Å². The van der Waals surface area contributed by atoms with Gasteiger partial charge >= 0.3 is 0 Å². The molecule has 0 amide bonds. The van der Waals surface area contributed by atoms with Gasteiger partial charge in [-0.05, 0) is 46.6 Å². The molecule has 1 unspecified atom stereocenters. The average molecular weight is 292 g/mol. The number of ether oxygens (including phenoxy) is 1. The molecule has 3 rings (SSSR count). The lowest BCUT2D eigenvalue weighted by Gasteiger charge is -2.41. The highest BCUT2D eigenvalue weighted by Crippen LogP contribution is 2.25. The summed E-state index contributed by atoms with van der Waals surface area (Å²) in [4.78, 5) is 2.44. The molecular weight excluding hydrogens is 264 g/mol. The van der Waals surface area contributed by atoms with Crippen LogP contribution in [0.5, 0.6) is 0 Å². The summed E-state index contributed by atoms with van der Waals surface area (Å²) >= 11 is 0. The first-order chi connectivity index (χ1) is 9.91. The summed E-state index contributed by atoms with van der Waals surface area (Å²) in [6.45, 7) is 12.3. The van der Waals surface area contributed by atoms with Gasteiger partial charge in [-0.2, -0.15) is 0 Å². The molecule has 2 aliphatic rings. The van der Waals surface area contributed by atoms with Crippen molar-refractivity contribution < 1.29 is 9.15 Å². The highest BCUT2D eigenvalue weighted by atomic mass is 16.5. The van der Waals surface area contributed by atoms with E-state index in [4.69, 9.17) is 9.15 Å². The minimum Gasteiger partial charge on any atom is -0.465 e. The summed E-state index contributed by atoms with van der Waals surface area (Å²) in [6, 6.07) is 2.96. The zero-order chi connectivity index (χ0) is 15.0. The van der Waals surface area contributed by atoms with E-state index >= 15 is 0 Å². The van der Waals surface area contributed by atoms with Crippen molar-refractivity contribution in [2.75, 3.05) is 13.1 Å². The van der Waals surface area contributed by atoms with Gasteiger partial charge < -0.3 is 14.5 Å². The van der Waals surface area contributed by atoms with Crippen molar-refractivity contribution in [3.63, 3.8) is 0 Å². The minimum atomic E-state index is -0.0737. The van der Waals surface area contributed by atoms with Gasteiger partial charge in [0.25, 0.3) is 0 Å². The second-order valence-electron chi connectivity index (χ2n) is 7.31. The summed E-state index contributed by atoms with van der Waals surface area (Å²) in [5, 5.41) is 3.56. The predicted octanol–water partition coefficient (Wildman–Crippen LogP) is 2.84. The largest absolute Gasteiger partial charge is 0.465 e. The Labute approximate surface area is 127 Å². The Morgan fingerprint density at radius 2 is 2.14 bits per heavy atom. The Hall–Kier alpha value is -0.840. The zero-order valence-corrected chi connectivity index (χ0v) is 13.7. The molecule has 0 spiro atoms. The molecule has 4 nitrogen and oxygen atoms in total. The van der Waals surface area contributed by atoms with Gasteiger partial charge in [-0.25, -0.2) is 0 Å². The lowest BCUT2D eigenvalue weighted by atomic mass is 10.1. The first kappa shape index (κ1) is 15.1. The van der Waals surface area contributed by atoms with Crippen LogP contribution in [0.2, 0.25) is 0 Å². The van der Waals surface area contributed by atoms with Crippen molar-refractivity contribution >= 4 is 0 Å². The molecule has 1 aliphatic heterocycles. The van der Waals surface area contributed by atoms with Crippen molar-refractivity contribution in [2.24, 2.45) is 0 Å². The molecule has 0 aromatic carbocycles. The number of furan rings is 1. The van der Waals surface area contributed by atoms with Crippen molar-refractivity contribution in [1.29, 1.82) is 0 Å². The third-order valence-corrected chi connectivity index (χ3v) is 4.25. The van der Waals surface area contributed by atoms with Crippen LogP contribution in [0.3, 0.4) is 0 Å². The zero-order valence-electron chi connectivity index (χ0n) is 13.7. The lowest BCUT2D eigenvalue weighted by Crippen LogP contribution is -2.51. The van der Waals surface area contributed by atoms with Crippen molar-refractivity contribution in [2.45, 2.75) is 71.4 Å². The first-order valence-electron chi connectivity index (χ1n) is 8.13. The van der Waals surface area contributed by atoms with E-state index < -0.39 is 0 Å². The number of hydrogen-bond donors (Lipinski definition) is 1. The third kappa shape index (κ3) is 4.09. The highest BCUT2D eigenvalue weighted by molar-refractivity contribution is 5.21. The standard InChI is InChI=1S/C17H28N2O2/c1-12-9-19(11-17(3,4)21-12)10-16-7-14(13(2)20-16)8-18-15-5-6-15/h7,12,15,18H,5-6,8-11H2,1-4H3. The molecule has 0 bridgehead atoms. The van der Waals surface area contributed by atoms with E-state index in [1.807, 2.05) is 0 Å². The topological polar surface area (TPSA) is 37.6 Å². The normalized spacial score (nSPS) is 26.2. The predicted molar refractivity (Wildman–Crippen MR) is 83.2 cm³/mol. The summed E-state index contributed by atoms with van der Waals surface area (Å²) < 4.78 is 11.9. The van der Waals surface area contributed by atoms with E-state index in [2.05, 4.69) is 44.0 Å². The molecule has 2 fully saturated rings. The average Bonchev–Trinajstić information content (AvgIpc) is 3.09. The Morgan fingerprint density at radius 1 is 1.38 bits per heavy atom. The van der Waals surface area contributed by atoms with E-state index in [1.54, 1.807) is 0 Å². The van der Waals surface area contributed by atoms with Gasteiger partial charge in [0, 0.05) is 31.2 Å². The molecule has 21 heavy (non-hydrogen) atoms. The van der Waals surface area contributed by atoms with Gasteiger partial charge in [0.1, 0.15) is 11.5 Å². The van der Waals surface area contributed by atoms with Crippen molar-refractivity contribution in [3.05, 3.63) is 23.2 Å². The van der Waals surface area contributed by atoms with Crippen LogP contribution >= 0.6 is 0 Å². The van der Waals surface area contributed by atoms with E-state index in [-0.39, 0.29) is 11.7 Å². The highest BCUT2D eigenvalue weighted by Gasteiger charge is 2.31. The molecular formula is C17H28N2O2. The van der Waals surface area contributed by atoms with Gasteiger partial charge in [-0.3, -0.25) is 4.90 Å². The quantitative estimate of drug-likeness (QED) is 0.905. The molecule has 1 saturated carbocycles. The van der Waals surface area contributed by atoms with E-state index in [9.17, 15) is 0 Å². The van der Waals surface area contributed by atoms with Crippen LogP contribution in [-0.2, 0) is 17.8 Å². The SMILES string of the molecule is Cc1oc(CN2CC(C)OC(C)(C)C2)cc1CNC1CC1. The number of nitrogens with one attached hydrogen (secondary N) is 1. The Balaban J connectivity index is 1.60. The molecule has 1 N–H and O–H groups in total. The van der Waals surface area contributed by atoms with Crippen molar-refractivity contribution in [3.8, 4) is 0 Å². The summed E-state index contributed by atoms with van der Waals surface area (Å²) in [5.41, 5.74) is 1.23. The lowest BCUT2D eigenvalue weighted by molar-refractivity contribution is -0.131. The van der Waals surface area contributed by atoms with Crippen LogP contribution in [0.1, 0.15) is 50.7 Å². The molecule has 1 aromatic heterocycles. The van der Waals surface area contributed by atoms with Crippen LogP contribution < -0.4 is 5.32 Å². The summed E-state index contributed by atoms with van der Waals surface area (Å²) in [5.74, 6) is 2.13. The number of rotatable bonds is 5. The fourth-order valence-corrected chi connectivity index (χ4v) is 3.31. The maximum atomic E-state index is 5.96. The van der Waals surface area contributed by atoms with E-state index in [1.165, 1.54) is 18.4 Å². The molecule has 4 heteroatoms. The second kappa shape index (κ2) is 5.75. The van der Waals surface area contributed by atoms with Gasteiger partial charge in [-0.1, -0.05) is 0 Å². The maximum absolute atomic E-state index is 5.96. The van der Waals surface area contributed by atoms with Gasteiger partial charge in [0.05, 0.1) is 18.2 Å². The molecule has 1 atom stereocenters. The monoisotopic (exact) mass is 292 g/mol. The van der Waals surface area contributed by atoms with Crippen LogP contribution in [0.25, 0.3) is 0 Å². The van der Waals surface area contributed by atoms with Gasteiger partial charge in [-0.15, -0.1) is 0 Å². The third-order valence-electron chi connectivity index (χ3n) is 4.25. The van der Waals surface area contributed by atoms with E-state index in [0.29, 0.717) is 0 Å². The summed E-state index contributed by atoms with van der Waals surface area (Å²) in [7, 11) is 0. The Kier molecular flexibility index (Phi) is 4.12. The fraction of sp³-hybridized carbons (Fsp3) is 0.765. The number of nitrogens with zero attached hydrogens (tertiary/aromatic N) is 1. The Morgan fingerprint density at radius 3 is 2.81 bits per heavy atom. The Bertz CT molecular complexity index is 491. The van der Waals surface area contributed by atoms with Crippen LogP contribution in [0.4, 0.5) is 0 Å². The molecule has 1 saturated heterocycles. The van der Waals surface area contributed by atoms with Crippen LogP contribution in [0.15, 0.2) is 10.5 Å². The minimum absolute atomic E-state index is 0.0737. The first-order valence-corrected chi connectivity index (χ1v) is 8.13. The van der Waals surface area contributed by atoms with E-state index in [0.717, 1.165) is 43.7 Å². The fourth-order valence-electron chi connectivity index (χ4n) is 3.31. The maximum Gasteiger partial charge on any atom is 0.118 e. The summed E-state index contributed by atoms with van der Waals surface area (Å²) in [6.07, 6.45) is 2.93. The smallest absolute Gasteiger partial charge is 0.118 e. The van der Waals surface area contributed by atoms with Gasteiger partial charge in [0.2, 0.25) is 0 Å². The molecule has 118 valence electrons.